The van der Waals surface area contributed by atoms with Gasteiger partial charge in [-0.2, -0.15) is 0 Å². The highest BCUT2D eigenvalue weighted by Crippen LogP contribution is 2.23. The van der Waals surface area contributed by atoms with Crippen LogP contribution in [0.25, 0.3) is 17.2 Å². The number of aromatic nitrogens is 5. The molecule has 1 fully saturated rings. The van der Waals surface area contributed by atoms with Gasteiger partial charge in [-0.25, -0.2) is 41.9 Å². The molecule has 1 N–H and O–H groups in total. The number of hydrogen-bond donors (Lipinski definition) is 1. The Hall–Kier alpha value is -2.77. The van der Waals surface area contributed by atoms with Crippen molar-refractivity contribution in [2.45, 2.75) is 12.5 Å². The summed E-state index contributed by atoms with van der Waals surface area (Å²) >= 11 is 0. The van der Waals surface area contributed by atoms with Crippen molar-refractivity contribution in [3.05, 3.63) is 36.5 Å². The summed E-state index contributed by atoms with van der Waals surface area (Å²) in [6, 6.07) is 1.73. The molecule has 1 aliphatic rings. The van der Waals surface area contributed by atoms with Crippen LogP contribution < -0.4 is 9.62 Å². The lowest BCUT2D eigenvalue weighted by molar-refractivity contribution is 0.0440. The number of rotatable bonds is 6. The first-order valence-electron chi connectivity index (χ1n) is 9.06. The molecule has 3 aromatic rings. The molecule has 0 bridgehead atoms. The number of morpholine rings is 1. The standard InChI is InChI=1S/C17H19F2N7O3S/c1-30(27,28)23-6-11-9-25(4-5-29-11)14-2-3-20-17(24-14)13-7-22-15-8-21-12(16(18)19)10-26(13)15/h2-3,7-8,10-11,16,23H,4-6,9H2,1H3. The molecule has 0 radical (unpaired) electrons. The number of hydrogen-bond acceptors (Lipinski definition) is 8. The number of ether oxygens (including phenoxy) is 1. The van der Waals surface area contributed by atoms with Crippen LogP contribution >= 0.6 is 0 Å². The predicted octanol–water partition coefficient (Wildman–Crippen LogP) is 0.878. The van der Waals surface area contributed by atoms with E-state index in [9.17, 15) is 17.2 Å². The van der Waals surface area contributed by atoms with E-state index in [1.165, 1.54) is 23.0 Å². The fourth-order valence-corrected chi connectivity index (χ4v) is 3.61. The van der Waals surface area contributed by atoms with Gasteiger partial charge in [-0.05, 0) is 6.07 Å². The molecule has 10 nitrogen and oxygen atoms in total. The summed E-state index contributed by atoms with van der Waals surface area (Å²) in [7, 11) is -3.31. The van der Waals surface area contributed by atoms with Gasteiger partial charge >= 0.3 is 0 Å². The summed E-state index contributed by atoms with van der Waals surface area (Å²) in [5.41, 5.74) is 0.494. The Kier molecular flexibility index (Phi) is 5.58. The number of anilines is 1. The van der Waals surface area contributed by atoms with Gasteiger partial charge in [0.25, 0.3) is 6.43 Å². The minimum atomic E-state index is -3.31. The Morgan fingerprint density at radius 1 is 1.30 bits per heavy atom. The van der Waals surface area contributed by atoms with Crippen LogP contribution in [0, 0.1) is 0 Å². The van der Waals surface area contributed by atoms with E-state index in [4.69, 9.17) is 4.74 Å². The largest absolute Gasteiger partial charge is 0.373 e. The Balaban J connectivity index is 1.59. The number of sulfonamides is 1. The van der Waals surface area contributed by atoms with Crippen LogP contribution in [-0.2, 0) is 14.8 Å². The van der Waals surface area contributed by atoms with E-state index in [0.717, 1.165) is 6.26 Å². The van der Waals surface area contributed by atoms with Crippen molar-refractivity contribution >= 4 is 21.5 Å². The third kappa shape index (κ3) is 4.52. The predicted molar refractivity (Wildman–Crippen MR) is 104 cm³/mol. The van der Waals surface area contributed by atoms with Gasteiger partial charge in [0.05, 0.1) is 31.4 Å². The van der Waals surface area contributed by atoms with Gasteiger partial charge in [0.1, 0.15) is 17.2 Å². The van der Waals surface area contributed by atoms with Crippen molar-refractivity contribution in [1.29, 1.82) is 0 Å². The van der Waals surface area contributed by atoms with E-state index >= 15 is 0 Å². The normalized spacial score (nSPS) is 17.7. The summed E-state index contributed by atoms with van der Waals surface area (Å²) < 4.78 is 58.2. The van der Waals surface area contributed by atoms with E-state index in [1.807, 2.05) is 4.90 Å². The van der Waals surface area contributed by atoms with E-state index in [1.54, 1.807) is 12.3 Å². The van der Waals surface area contributed by atoms with Gasteiger partial charge in [-0.3, -0.25) is 4.40 Å². The lowest BCUT2D eigenvalue weighted by Crippen LogP contribution is -2.47. The average molecular weight is 439 g/mol. The van der Waals surface area contributed by atoms with Crippen molar-refractivity contribution in [1.82, 2.24) is 29.1 Å². The summed E-state index contributed by atoms with van der Waals surface area (Å²) in [5.74, 6) is 0.939. The molecule has 4 heterocycles. The molecule has 1 atom stereocenters. The Morgan fingerprint density at radius 2 is 2.13 bits per heavy atom. The molecule has 1 unspecified atom stereocenters. The van der Waals surface area contributed by atoms with Gasteiger partial charge in [0.2, 0.25) is 10.0 Å². The number of alkyl halides is 2. The highest BCUT2D eigenvalue weighted by molar-refractivity contribution is 7.88. The summed E-state index contributed by atoms with van der Waals surface area (Å²) in [4.78, 5) is 18.7. The van der Waals surface area contributed by atoms with Crippen LogP contribution in [0.15, 0.2) is 30.9 Å². The topological polar surface area (TPSA) is 115 Å². The van der Waals surface area contributed by atoms with Crippen LogP contribution in [0.5, 0.6) is 0 Å². The maximum atomic E-state index is 13.0. The van der Waals surface area contributed by atoms with Gasteiger partial charge in [-0.1, -0.05) is 0 Å². The van der Waals surface area contributed by atoms with Crippen molar-refractivity contribution in [3.63, 3.8) is 0 Å². The van der Waals surface area contributed by atoms with Gasteiger partial charge < -0.3 is 9.64 Å². The van der Waals surface area contributed by atoms with Crippen LogP contribution in [0.3, 0.4) is 0 Å². The quantitative estimate of drug-likeness (QED) is 0.602. The Morgan fingerprint density at radius 3 is 2.90 bits per heavy atom. The molecule has 0 aromatic carbocycles. The molecular formula is C17H19F2N7O3S. The molecule has 160 valence electrons. The molecule has 3 aromatic heterocycles. The van der Waals surface area contributed by atoms with Crippen LogP contribution in [0.1, 0.15) is 12.1 Å². The lowest BCUT2D eigenvalue weighted by Gasteiger charge is -2.33. The van der Waals surface area contributed by atoms with Gasteiger partial charge in [0, 0.05) is 32.0 Å². The molecule has 1 aliphatic heterocycles. The molecule has 0 saturated carbocycles. The Labute approximate surface area is 171 Å². The summed E-state index contributed by atoms with van der Waals surface area (Å²) in [6.45, 7) is 1.57. The van der Waals surface area contributed by atoms with Gasteiger partial charge in [-0.15, -0.1) is 0 Å². The first-order chi connectivity index (χ1) is 14.3. The second-order valence-corrected chi connectivity index (χ2v) is 8.62. The third-order valence-corrected chi connectivity index (χ3v) is 5.24. The zero-order chi connectivity index (χ0) is 21.3. The fourth-order valence-electron chi connectivity index (χ4n) is 3.13. The molecule has 0 amide bonds. The molecule has 4 rings (SSSR count). The molecule has 0 aliphatic carbocycles. The van der Waals surface area contributed by atoms with E-state index < -0.39 is 16.4 Å². The van der Waals surface area contributed by atoms with Crippen molar-refractivity contribution in [2.75, 3.05) is 37.4 Å². The Bertz CT molecular complexity index is 1160. The van der Waals surface area contributed by atoms with Gasteiger partial charge in [0.15, 0.2) is 11.5 Å². The van der Waals surface area contributed by atoms with Crippen molar-refractivity contribution in [3.8, 4) is 11.5 Å². The molecule has 13 heteroatoms. The number of halogens is 2. The molecule has 30 heavy (non-hydrogen) atoms. The van der Waals surface area contributed by atoms with Crippen LogP contribution in [-0.4, -0.2) is 71.4 Å². The maximum absolute atomic E-state index is 13.0. The number of fused-ring (bicyclic) bond motifs is 1. The summed E-state index contributed by atoms with van der Waals surface area (Å²) in [5, 5.41) is 0. The average Bonchev–Trinajstić information content (AvgIpc) is 3.15. The highest BCUT2D eigenvalue weighted by atomic mass is 32.2. The highest BCUT2D eigenvalue weighted by Gasteiger charge is 2.23. The van der Waals surface area contributed by atoms with Crippen LogP contribution in [0.4, 0.5) is 14.6 Å². The van der Waals surface area contributed by atoms with E-state index in [2.05, 4.69) is 24.7 Å². The van der Waals surface area contributed by atoms with Crippen LogP contribution in [0.2, 0.25) is 0 Å². The van der Waals surface area contributed by atoms with E-state index in [0.29, 0.717) is 42.7 Å². The number of nitrogens with one attached hydrogen (secondary N) is 1. The minimum absolute atomic E-state index is 0.157. The second-order valence-electron chi connectivity index (χ2n) is 6.78. The zero-order valence-electron chi connectivity index (χ0n) is 15.9. The maximum Gasteiger partial charge on any atom is 0.281 e. The monoisotopic (exact) mass is 439 g/mol. The SMILES string of the molecule is CS(=O)(=O)NCC1CN(c2ccnc(-c3cnc4cnc(C(F)F)cn34)n2)CCO1. The second kappa shape index (κ2) is 8.16. The molecule has 1 saturated heterocycles. The number of imidazole rings is 1. The third-order valence-electron chi connectivity index (χ3n) is 4.55. The molecular weight excluding hydrogens is 420 g/mol. The first-order valence-corrected chi connectivity index (χ1v) is 10.9. The zero-order valence-corrected chi connectivity index (χ0v) is 16.8. The van der Waals surface area contributed by atoms with Crippen molar-refractivity contribution in [2.24, 2.45) is 0 Å². The number of nitrogens with zero attached hydrogens (tertiary/aromatic N) is 6. The molecule has 0 spiro atoms. The van der Waals surface area contributed by atoms with E-state index in [-0.39, 0.29) is 18.3 Å². The fraction of sp³-hybridized carbons (Fsp3) is 0.412. The minimum Gasteiger partial charge on any atom is -0.373 e. The smallest absolute Gasteiger partial charge is 0.281 e. The van der Waals surface area contributed by atoms with Crippen molar-refractivity contribution < 1.29 is 21.9 Å². The lowest BCUT2D eigenvalue weighted by atomic mass is 10.2. The summed E-state index contributed by atoms with van der Waals surface area (Å²) in [6.07, 6.45) is 3.63. The first kappa shape index (κ1) is 20.5.